The maximum absolute atomic E-state index is 12.9. The van der Waals surface area contributed by atoms with Crippen LogP contribution in [0, 0.1) is 5.92 Å². The van der Waals surface area contributed by atoms with Crippen molar-refractivity contribution >= 4 is 11.9 Å². The maximum Gasteiger partial charge on any atom is 0.343 e. The minimum atomic E-state index is -0.471. The molecular weight excluding hydrogens is 737 g/mol. The van der Waals surface area contributed by atoms with Gasteiger partial charge in [0.2, 0.25) is 0 Å². The van der Waals surface area contributed by atoms with Crippen LogP contribution in [-0.4, -0.2) is 83.1 Å². The summed E-state index contributed by atoms with van der Waals surface area (Å²) < 4.78 is 44.8. The van der Waals surface area contributed by atoms with Gasteiger partial charge in [-0.05, 0) is 99.9 Å². The van der Waals surface area contributed by atoms with Crippen LogP contribution in [0.1, 0.15) is 152 Å². The van der Waals surface area contributed by atoms with Crippen LogP contribution >= 0.6 is 0 Å². The summed E-state index contributed by atoms with van der Waals surface area (Å²) in [4.78, 5) is 25.7. The lowest BCUT2D eigenvalue weighted by Crippen LogP contribution is -2.29. The second-order valence-electron chi connectivity index (χ2n) is 16.4. The lowest BCUT2D eigenvalue weighted by molar-refractivity contribution is -0.141. The molecule has 2 aromatic carbocycles. The minimum absolute atomic E-state index is 0.129. The molecule has 2 aromatic rings. The maximum atomic E-state index is 12.9. The second-order valence-corrected chi connectivity index (χ2v) is 16.4. The molecule has 2 saturated heterocycles. The van der Waals surface area contributed by atoms with Crippen molar-refractivity contribution in [1.29, 1.82) is 0 Å². The van der Waals surface area contributed by atoms with Gasteiger partial charge in [-0.1, -0.05) is 89.9 Å². The molecular formula is C48H72O10. The normalized spacial score (nSPS) is 19.8. The summed E-state index contributed by atoms with van der Waals surface area (Å²) in [6.07, 6.45) is 26.5. The third kappa shape index (κ3) is 20.8. The second kappa shape index (κ2) is 28.4. The fourth-order valence-corrected chi connectivity index (χ4v) is 7.38. The Bertz CT molecular complexity index is 1370. The Morgan fingerprint density at radius 3 is 1.40 bits per heavy atom. The molecule has 2 unspecified atom stereocenters. The first-order valence-electron chi connectivity index (χ1n) is 22.9. The van der Waals surface area contributed by atoms with E-state index in [0.29, 0.717) is 35.9 Å². The summed E-state index contributed by atoms with van der Waals surface area (Å²) in [7, 11) is 0. The van der Waals surface area contributed by atoms with Crippen LogP contribution in [0.4, 0.5) is 0 Å². The van der Waals surface area contributed by atoms with Crippen LogP contribution in [0.25, 0.3) is 0 Å². The summed E-state index contributed by atoms with van der Waals surface area (Å²) in [5.74, 6) is 0.822. The Morgan fingerprint density at radius 2 is 0.897 bits per heavy atom. The zero-order valence-corrected chi connectivity index (χ0v) is 35.2. The van der Waals surface area contributed by atoms with E-state index in [9.17, 15) is 9.59 Å². The van der Waals surface area contributed by atoms with Gasteiger partial charge in [0.05, 0.1) is 50.6 Å². The van der Waals surface area contributed by atoms with Crippen molar-refractivity contribution in [1.82, 2.24) is 0 Å². The van der Waals surface area contributed by atoms with E-state index in [1.807, 2.05) is 12.1 Å². The van der Waals surface area contributed by atoms with Gasteiger partial charge in [-0.15, -0.1) is 0 Å². The first-order chi connectivity index (χ1) is 28.6. The van der Waals surface area contributed by atoms with Crippen LogP contribution in [0.3, 0.4) is 0 Å². The number of hydrogen-bond donors (Lipinski definition) is 0. The first-order valence-corrected chi connectivity index (χ1v) is 22.9. The van der Waals surface area contributed by atoms with Crippen LogP contribution in [0.15, 0.2) is 48.5 Å². The average Bonchev–Trinajstić information content (AvgIpc) is 4.19. The number of carbonyl (C=O) groups is 2. The highest BCUT2D eigenvalue weighted by Crippen LogP contribution is 2.29. The van der Waals surface area contributed by atoms with E-state index in [4.69, 9.17) is 37.9 Å². The van der Waals surface area contributed by atoms with Crippen LogP contribution in [-0.2, 0) is 28.5 Å². The quantitative estimate of drug-likeness (QED) is 0.0293. The largest absolute Gasteiger partial charge is 0.494 e. The van der Waals surface area contributed by atoms with Crippen LogP contribution in [0.5, 0.6) is 17.2 Å². The molecule has 0 bridgehead atoms. The average molecular weight is 809 g/mol. The topological polar surface area (TPSA) is 115 Å². The van der Waals surface area contributed by atoms with Gasteiger partial charge in [-0.2, -0.15) is 0 Å². The van der Waals surface area contributed by atoms with Crippen molar-refractivity contribution < 1.29 is 47.5 Å². The molecule has 1 saturated carbocycles. The van der Waals surface area contributed by atoms with E-state index < -0.39 is 5.97 Å². The molecule has 0 spiro atoms. The molecule has 1 aliphatic carbocycles. The van der Waals surface area contributed by atoms with E-state index in [0.717, 1.165) is 110 Å². The Balaban J connectivity index is 0.814. The number of hydrogen-bond acceptors (Lipinski definition) is 10. The van der Waals surface area contributed by atoms with Crippen molar-refractivity contribution in [2.75, 3.05) is 52.9 Å². The van der Waals surface area contributed by atoms with Gasteiger partial charge < -0.3 is 37.9 Å². The summed E-state index contributed by atoms with van der Waals surface area (Å²) in [5.41, 5.74) is 0.384. The van der Waals surface area contributed by atoms with E-state index in [1.54, 1.807) is 36.4 Å². The molecule has 0 radical (unpaired) electrons. The molecule has 324 valence electrons. The molecule has 0 amide bonds. The zero-order chi connectivity index (χ0) is 40.3. The number of epoxide rings is 2. The highest BCUT2D eigenvalue weighted by atomic mass is 16.6. The van der Waals surface area contributed by atoms with Gasteiger partial charge in [0.25, 0.3) is 0 Å². The van der Waals surface area contributed by atoms with Crippen molar-refractivity contribution in [2.45, 2.75) is 160 Å². The summed E-state index contributed by atoms with van der Waals surface area (Å²) in [5, 5.41) is 0. The minimum Gasteiger partial charge on any atom is -0.494 e. The fourth-order valence-electron chi connectivity index (χ4n) is 7.38. The molecule has 0 aromatic heterocycles. The lowest BCUT2D eigenvalue weighted by atomic mass is 9.87. The van der Waals surface area contributed by atoms with Crippen molar-refractivity contribution in [3.05, 3.63) is 54.1 Å². The number of carbonyl (C=O) groups excluding carboxylic acids is 2. The zero-order valence-electron chi connectivity index (χ0n) is 35.2. The predicted molar refractivity (Wildman–Crippen MR) is 225 cm³/mol. The molecule has 10 heteroatoms. The van der Waals surface area contributed by atoms with Crippen molar-refractivity contribution in [2.24, 2.45) is 5.92 Å². The summed E-state index contributed by atoms with van der Waals surface area (Å²) in [6, 6.07) is 13.7. The highest BCUT2D eigenvalue weighted by Gasteiger charge is 2.28. The molecule has 2 heterocycles. The van der Waals surface area contributed by atoms with Gasteiger partial charge in [0.15, 0.2) is 0 Å². The van der Waals surface area contributed by atoms with Gasteiger partial charge in [0.1, 0.15) is 29.5 Å². The van der Waals surface area contributed by atoms with E-state index in [1.165, 1.54) is 83.5 Å². The van der Waals surface area contributed by atoms with Crippen molar-refractivity contribution in [3.63, 3.8) is 0 Å². The molecule has 2 aliphatic heterocycles. The standard InChI is InChI=1S/C48H72O10/c49-47(39-19-23-41(24-20-39)53-33-17-13-9-5-1-3-7-11-15-31-51-35-45-37-55-45)57-43-25-21-40(22-26-43)48(50)58-44-29-27-42(28-30-44)54-34-18-14-10-6-2-4-8-12-16-32-52-36-46-38-56-46/h21-22,25-30,39,41,45-46H,1-20,23-24,31-38H2. The van der Waals surface area contributed by atoms with E-state index in [-0.39, 0.29) is 18.0 Å². The number of esters is 2. The Hall–Kier alpha value is -3.02. The number of unbranched alkanes of at least 4 members (excludes halogenated alkanes) is 16. The molecule has 3 aliphatic rings. The first kappa shape index (κ1) is 46.1. The summed E-state index contributed by atoms with van der Waals surface area (Å²) >= 11 is 0. The third-order valence-electron chi connectivity index (χ3n) is 11.3. The van der Waals surface area contributed by atoms with E-state index >= 15 is 0 Å². The van der Waals surface area contributed by atoms with Crippen LogP contribution in [0.2, 0.25) is 0 Å². The Kier molecular flexibility index (Phi) is 22.6. The highest BCUT2D eigenvalue weighted by molar-refractivity contribution is 5.91. The lowest BCUT2D eigenvalue weighted by Gasteiger charge is -2.27. The van der Waals surface area contributed by atoms with E-state index in [2.05, 4.69) is 0 Å². The number of benzene rings is 2. The van der Waals surface area contributed by atoms with Gasteiger partial charge in [-0.3, -0.25) is 4.79 Å². The smallest absolute Gasteiger partial charge is 0.343 e. The third-order valence-corrected chi connectivity index (χ3v) is 11.3. The Morgan fingerprint density at radius 1 is 0.483 bits per heavy atom. The molecule has 5 rings (SSSR count). The Labute approximate surface area is 348 Å². The SMILES string of the molecule is O=C(Oc1ccc(OCCCCCCCCCCCOCC2CO2)cc1)c1ccc(OC(=O)C2CCC(OCCCCCCCCCCCOCC3CO3)CC2)cc1. The van der Waals surface area contributed by atoms with Gasteiger partial charge in [0, 0.05) is 19.8 Å². The monoisotopic (exact) mass is 809 g/mol. The van der Waals surface area contributed by atoms with Crippen molar-refractivity contribution in [3.8, 4) is 17.2 Å². The predicted octanol–water partition coefficient (Wildman–Crippen LogP) is 10.6. The molecule has 10 nitrogen and oxygen atoms in total. The number of ether oxygens (including phenoxy) is 8. The number of rotatable bonds is 34. The van der Waals surface area contributed by atoms with Crippen LogP contribution < -0.4 is 14.2 Å². The molecule has 0 N–H and O–H groups in total. The fraction of sp³-hybridized carbons (Fsp3) is 0.708. The van der Waals surface area contributed by atoms with Gasteiger partial charge in [-0.25, -0.2) is 4.79 Å². The molecule has 2 atom stereocenters. The molecule has 58 heavy (non-hydrogen) atoms. The molecule has 3 fully saturated rings. The van der Waals surface area contributed by atoms with Gasteiger partial charge >= 0.3 is 11.9 Å². The summed E-state index contributed by atoms with van der Waals surface area (Å²) in [6.45, 7) is 6.48.